The molecule has 1 unspecified atom stereocenters. The van der Waals surface area contributed by atoms with Crippen LogP contribution in [-0.4, -0.2) is 19.1 Å². The summed E-state index contributed by atoms with van der Waals surface area (Å²) in [6.07, 6.45) is 40.0. The zero-order valence-electron chi connectivity index (χ0n) is 27.3. The minimum absolute atomic E-state index is 0. The quantitative estimate of drug-likeness (QED) is 0.0257. The van der Waals surface area contributed by atoms with Gasteiger partial charge in [-0.2, -0.15) is 0 Å². The predicted octanol–water partition coefficient (Wildman–Crippen LogP) is 8.74. The van der Waals surface area contributed by atoms with Crippen molar-refractivity contribution in [1.29, 1.82) is 0 Å². The first-order valence-electron chi connectivity index (χ1n) is 17.3. The number of allylic oxidation sites excluding steroid dienone is 2. The molecule has 0 aliphatic heterocycles. The van der Waals surface area contributed by atoms with Crippen LogP contribution in [0.25, 0.3) is 0 Å². The SMILES string of the molecule is CCCCCCCC/C=C\CCCCCCCC(CCCCCCCCCCCCCCCC)OS(=O)(=O)[O-].[Na+]. The van der Waals surface area contributed by atoms with Gasteiger partial charge in [0, 0.05) is 0 Å². The maximum Gasteiger partial charge on any atom is 1.00 e. The number of hydrogen-bond acceptors (Lipinski definition) is 4. The first-order chi connectivity index (χ1) is 19.0. The second kappa shape index (κ2) is 34.1. The third-order valence-electron chi connectivity index (χ3n) is 7.92. The average molecular weight is 595 g/mol. The summed E-state index contributed by atoms with van der Waals surface area (Å²) < 4.78 is 38.4. The van der Waals surface area contributed by atoms with Crippen LogP contribution in [-0.2, 0) is 14.6 Å². The zero-order valence-corrected chi connectivity index (χ0v) is 30.1. The first kappa shape index (κ1) is 42.7. The van der Waals surface area contributed by atoms with Crippen molar-refractivity contribution in [2.24, 2.45) is 0 Å². The average Bonchev–Trinajstić information content (AvgIpc) is 2.90. The molecule has 0 fully saturated rings. The van der Waals surface area contributed by atoms with E-state index in [4.69, 9.17) is 4.18 Å². The summed E-state index contributed by atoms with van der Waals surface area (Å²) in [4.78, 5) is 0. The molecular weight excluding hydrogens is 527 g/mol. The Kier molecular flexibility index (Phi) is 36.4. The van der Waals surface area contributed by atoms with Crippen molar-refractivity contribution < 1.29 is 46.7 Å². The second-order valence-corrected chi connectivity index (χ2v) is 12.9. The van der Waals surface area contributed by atoms with Crippen LogP contribution < -0.4 is 29.6 Å². The van der Waals surface area contributed by atoms with E-state index in [1.54, 1.807) is 0 Å². The van der Waals surface area contributed by atoms with Gasteiger partial charge in [-0.05, 0) is 38.5 Å². The third-order valence-corrected chi connectivity index (χ3v) is 8.43. The smallest absolute Gasteiger partial charge is 0.726 e. The minimum Gasteiger partial charge on any atom is -0.726 e. The summed E-state index contributed by atoms with van der Waals surface area (Å²) in [5, 5.41) is 0. The molecule has 0 heterocycles. The molecule has 0 aromatic carbocycles. The Morgan fingerprint density at radius 2 is 0.775 bits per heavy atom. The van der Waals surface area contributed by atoms with E-state index in [1.165, 1.54) is 141 Å². The largest absolute Gasteiger partial charge is 1.00 e. The van der Waals surface area contributed by atoms with Crippen LogP contribution >= 0.6 is 0 Å². The molecule has 40 heavy (non-hydrogen) atoms. The van der Waals surface area contributed by atoms with Gasteiger partial charge in [-0.15, -0.1) is 0 Å². The summed E-state index contributed by atoms with van der Waals surface area (Å²) in [5.74, 6) is 0. The molecule has 4 nitrogen and oxygen atoms in total. The van der Waals surface area contributed by atoms with Gasteiger partial charge < -0.3 is 4.55 Å². The molecule has 0 aliphatic carbocycles. The molecule has 0 bridgehead atoms. The molecule has 6 heteroatoms. The molecule has 0 saturated carbocycles. The minimum atomic E-state index is -4.62. The maximum absolute atomic E-state index is 11.2. The standard InChI is InChI=1S/C34H68O4S.Na/c1-3-5-7-9-11-13-15-17-19-21-23-25-27-29-31-33-34(38-39(35,36)37)32-30-28-26-24-22-20-18-16-14-12-10-8-6-4-2;/h17,19,34H,3-16,18,20-33H2,1-2H3,(H,35,36,37);/q;+1/p-1/b19-17-;. The monoisotopic (exact) mass is 594 g/mol. The summed E-state index contributed by atoms with van der Waals surface area (Å²) in [5.41, 5.74) is 0. The molecule has 0 aromatic heterocycles. The Bertz CT molecular complexity index is 609. The fourth-order valence-electron chi connectivity index (χ4n) is 5.42. The molecule has 0 amide bonds. The Labute approximate surface area is 273 Å². The molecule has 234 valence electrons. The molecule has 0 radical (unpaired) electrons. The predicted molar refractivity (Wildman–Crippen MR) is 169 cm³/mol. The van der Waals surface area contributed by atoms with Gasteiger partial charge in [0.05, 0.1) is 6.10 Å². The van der Waals surface area contributed by atoms with Gasteiger partial charge in [0.25, 0.3) is 0 Å². The number of rotatable bonds is 32. The summed E-state index contributed by atoms with van der Waals surface area (Å²) >= 11 is 0. The third kappa shape index (κ3) is 36.6. The second-order valence-electron chi connectivity index (χ2n) is 11.9. The number of hydrogen-bond donors (Lipinski definition) is 0. The molecule has 0 saturated heterocycles. The number of unbranched alkanes of at least 4 members (excludes halogenated alkanes) is 24. The van der Waals surface area contributed by atoms with E-state index >= 15 is 0 Å². The van der Waals surface area contributed by atoms with E-state index in [9.17, 15) is 13.0 Å². The van der Waals surface area contributed by atoms with Crippen LogP contribution in [0.5, 0.6) is 0 Å². The molecule has 0 N–H and O–H groups in total. The van der Waals surface area contributed by atoms with Crippen molar-refractivity contribution in [3.63, 3.8) is 0 Å². The summed E-state index contributed by atoms with van der Waals surface area (Å²) in [6.45, 7) is 4.53. The van der Waals surface area contributed by atoms with Crippen LogP contribution in [0.1, 0.15) is 200 Å². The summed E-state index contributed by atoms with van der Waals surface area (Å²) in [6, 6.07) is 0. The van der Waals surface area contributed by atoms with E-state index in [-0.39, 0.29) is 29.6 Å². The van der Waals surface area contributed by atoms with Crippen molar-refractivity contribution in [3.8, 4) is 0 Å². The van der Waals surface area contributed by atoms with Gasteiger partial charge in [0.2, 0.25) is 10.4 Å². The fourth-order valence-corrected chi connectivity index (χ4v) is 5.94. The van der Waals surface area contributed by atoms with Gasteiger partial charge >= 0.3 is 29.6 Å². The van der Waals surface area contributed by atoms with E-state index in [0.29, 0.717) is 12.8 Å². The molecule has 0 rings (SSSR count). The Hall–Kier alpha value is 0.610. The molecule has 0 aliphatic rings. The molecule has 0 aromatic rings. The van der Waals surface area contributed by atoms with Crippen molar-refractivity contribution >= 4 is 10.4 Å². The van der Waals surface area contributed by atoms with Crippen LogP contribution in [0.4, 0.5) is 0 Å². The molecular formula is C34H67NaO4S. The van der Waals surface area contributed by atoms with Crippen LogP contribution in [0.15, 0.2) is 12.2 Å². The molecule has 1 atom stereocenters. The van der Waals surface area contributed by atoms with E-state index in [1.807, 2.05) is 0 Å². The zero-order chi connectivity index (χ0) is 28.7. The molecule has 0 spiro atoms. The van der Waals surface area contributed by atoms with E-state index in [2.05, 4.69) is 26.0 Å². The Balaban J connectivity index is 0. The van der Waals surface area contributed by atoms with Gasteiger partial charge in [0.1, 0.15) is 0 Å². The van der Waals surface area contributed by atoms with Crippen molar-refractivity contribution in [1.82, 2.24) is 0 Å². The Morgan fingerprint density at radius 1 is 0.500 bits per heavy atom. The van der Waals surface area contributed by atoms with Crippen LogP contribution in [0.3, 0.4) is 0 Å². The van der Waals surface area contributed by atoms with E-state index in [0.717, 1.165) is 32.1 Å². The van der Waals surface area contributed by atoms with Crippen LogP contribution in [0, 0.1) is 0 Å². The maximum atomic E-state index is 11.2. The fraction of sp³-hybridized carbons (Fsp3) is 0.941. The van der Waals surface area contributed by atoms with E-state index < -0.39 is 16.5 Å². The topological polar surface area (TPSA) is 66.4 Å². The van der Waals surface area contributed by atoms with Gasteiger partial charge in [-0.3, -0.25) is 4.18 Å². The van der Waals surface area contributed by atoms with Gasteiger partial charge in [-0.25, -0.2) is 8.42 Å². The van der Waals surface area contributed by atoms with Gasteiger partial charge in [-0.1, -0.05) is 174 Å². The van der Waals surface area contributed by atoms with Crippen molar-refractivity contribution in [3.05, 3.63) is 12.2 Å². The summed E-state index contributed by atoms with van der Waals surface area (Å²) in [7, 11) is -4.62. The van der Waals surface area contributed by atoms with Gasteiger partial charge in [0.15, 0.2) is 0 Å². The van der Waals surface area contributed by atoms with Crippen molar-refractivity contribution in [2.75, 3.05) is 0 Å². The normalized spacial score (nSPS) is 12.7. The van der Waals surface area contributed by atoms with Crippen molar-refractivity contribution in [2.45, 2.75) is 206 Å². The van der Waals surface area contributed by atoms with Crippen LogP contribution in [0.2, 0.25) is 0 Å². The Morgan fingerprint density at radius 3 is 1.07 bits per heavy atom. The first-order valence-corrected chi connectivity index (χ1v) is 18.6.